The van der Waals surface area contributed by atoms with Crippen LogP contribution in [0.5, 0.6) is 0 Å². The summed E-state index contributed by atoms with van der Waals surface area (Å²) in [5.74, 6) is 0.135. The first-order chi connectivity index (χ1) is 8.74. The van der Waals surface area contributed by atoms with Gasteiger partial charge in [-0.1, -0.05) is 31.2 Å². The van der Waals surface area contributed by atoms with E-state index in [1.165, 1.54) is 5.56 Å². The van der Waals surface area contributed by atoms with Crippen molar-refractivity contribution in [3.05, 3.63) is 35.4 Å². The number of benzene rings is 1. The lowest BCUT2D eigenvalue weighted by molar-refractivity contribution is -0.129. The van der Waals surface area contributed by atoms with E-state index in [9.17, 15) is 4.79 Å². The van der Waals surface area contributed by atoms with E-state index >= 15 is 0 Å². The van der Waals surface area contributed by atoms with Crippen LogP contribution < -0.4 is 5.32 Å². The van der Waals surface area contributed by atoms with Crippen LogP contribution in [-0.4, -0.2) is 35.0 Å². The van der Waals surface area contributed by atoms with Crippen LogP contribution in [0.25, 0.3) is 0 Å². The van der Waals surface area contributed by atoms with Crippen LogP contribution >= 0.6 is 0 Å². The van der Waals surface area contributed by atoms with Gasteiger partial charge in [0.1, 0.15) is 0 Å². The summed E-state index contributed by atoms with van der Waals surface area (Å²) >= 11 is 0. The topological polar surface area (TPSA) is 52.6 Å². The van der Waals surface area contributed by atoms with Gasteiger partial charge in [-0.15, -0.1) is 0 Å². The molecule has 1 fully saturated rings. The SMILES string of the molecule is CCC1C(=O)NCCN1Cc1ccc(CO)cc1. The number of rotatable bonds is 4. The highest BCUT2D eigenvalue weighted by Crippen LogP contribution is 2.14. The Kier molecular flexibility index (Phi) is 4.33. The number of nitrogens with one attached hydrogen (secondary N) is 1. The van der Waals surface area contributed by atoms with E-state index in [4.69, 9.17) is 5.11 Å². The second-order valence-electron chi connectivity index (χ2n) is 4.66. The third kappa shape index (κ3) is 2.89. The first-order valence-corrected chi connectivity index (χ1v) is 6.45. The fraction of sp³-hybridized carbons (Fsp3) is 0.500. The van der Waals surface area contributed by atoms with E-state index < -0.39 is 0 Å². The maximum Gasteiger partial charge on any atom is 0.237 e. The lowest BCUT2D eigenvalue weighted by Crippen LogP contribution is -2.54. The van der Waals surface area contributed by atoms with Crippen molar-refractivity contribution >= 4 is 5.91 Å². The lowest BCUT2D eigenvalue weighted by Gasteiger charge is -2.34. The van der Waals surface area contributed by atoms with Gasteiger partial charge in [-0.25, -0.2) is 0 Å². The monoisotopic (exact) mass is 248 g/mol. The van der Waals surface area contributed by atoms with Crippen LogP contribution in [0.4, 0.5) is 0 Å². The number of carbonyl (C=O) groups excluding carboxylic acids is 1. The van der Waals surface area contributed by atoms with E-state index in [0.717, 1.165) is 31.6 Å². The summed E-state index contributed by atoms with van der Waals surface area (Å²) in [6, 6.07) is 7.88. The van der Waals surface area contributed by atoms with Crippen molar-refractivity contribution in [2.45, 2.75) is 32.5 Å². The molecule has 1 atom stereocenters. The summed E-state index contributed by atoms with van der Waals surface area (Å²) in [5, 5.41) is 11.9. The molecule has 1 aliphatic heterocycles. The summed E-state index contributed by atoms with van der Waals surface area (Å²) in [4.78, 5) is 14.0. The molecular formula is C14H20N2O2. The molecule has 1 saturated heterocycles. The van der Waals surface area contributed by atoms with Crippen molar-refractivity contribution in [3.8, 4) is 0 Å². The quantitative estimate of drug-likeness (QED) is 0.832. The molecule has 1 aliphatic rings. The van der Waals surface area contributed by atoms with Gasteiger partial charge >= 0.3 is 0 Å². The van der Waals surface area contributed by atoms with E-state index in [0.29, 0.717) is 0 Å². The molecule has 98 valence electrons. The van der Waals surface area contributed by atoms with Crippen LogP contribution in [0, 0.1) is 0 Å². The van der Waals surface area contributed by atoms with Gasteiger partial charge in [0.15, 0.2) is 0 Å². The molecule has 2 N–H and O–H groups in total. The fourth-order valence-corrected chi connectivity index (χ4v) is 2.38. The number of nitrogens with zero attached hydrogens (tertiary/aromatic N) is 1. The molecule has 4 heteroatoms. The smallest absolute Gasteiger partial charge is 0.237 e. The van der Waals surface area contributed by atoms with Gasteiger partial charge in [0, 0.05) is 19.6 Å². The minimum atomic E-state index is -0.0173. The van der Waals surface area contributed by atoms with Crippen LogP contribution in [-0.2, 0) is 17.9 Å². The maximum atomic E-state index is 11.7. The molecule has 1 aromatic carbocycles. The summed E-state index contributed by atoms with van der Waals surface area (Å²) in [6.45, 7) is 4.52. The molecule has 0 saturated carbocycles. The summed E-state index contributed by atoms with van der Waals surface area (Å²) in [6.07, 6.45) is 0.834. The molecule has 0 radical (unpaired) electrons. The maximum absolute atomic E-state index is 11.7. The largest absolute Gasteiger partial charge is 0.392 e. The highest BCUT2D eigenvalue weighted by Gasteiger charge is 2.27. The molecule has 0 bridgehead atoms. The normalized spacial score (nSPS) is 20.8. The number of aliphatic hydroxyl groups is 1. The molecule has 1 aromatic rings. The van der Waals surface area contributed by atoms with Crippen LogP contribution in [0.1, 0.15) is 24.5 Å². The summed E-state index contributed by atoms with van der Waals surface area (Å²) < 4.78 is 0. The molecule has 2 rings (SSSR count). The molecule has 0 spiro atoms. The van der Waals surface area contributed by atoms with Gasteiger partial charge in [0.25, 0.3) is 0 Å². The third-order valence-corrected chi connectivity index (χ3v) is 3.42. The number of piperazine rings is 1. The second kappa shape index (κ2) is 5.98. The Hall–Kier alpha value is -1.39. The van der Waals surface area contributed by atoms with Gasteiger partial charge in [-0.3, -0.25) is 9.69 Å². The Morgan fingerprint density at radius 3 is 2.61 bits per heavy atom. The molecule has 1 unspecified atom stereocenters. The van der Waals surface area contributed by atoms with Gasteiger partial charge in [0.05, 0.1) is 12.6 Å². The van der Waals surface area contributed by atoms with Crippen molar-refractivity contribution in [3.63, 3.8) is 0 Å². The van der Waals surface area contributed by atoms with E-state index in [2.05, 4.69) is 10.2 Å². The lowest BCUT2D eigenvalue weighted by atomic mass is 10.1. The minimum absolute atomic E-state index is 0.0173. The zero-order valence-corrected chi connectivity index (χ0v) is 10.7. The Labute approximate surface area is 108 Å². The van der Waals surface area contributed by atoms with Crippen molar-refractivity contribution < 1.29 is 9.90 Å². The predicted octanol–water partition coefficient (Wildman–Crippen LogP) is 0.889. The Balaban J connectivity index is 2.04. The zero-order chi connectivity index (χ0) is 13.0. The Bertz CT molecular complexity index is 403. The highest BCUT2D eigenvalue weighted by molar-refractivity contribution is 5.82. The van der Waals surface area contributed by atoms with E-state index in [1.54, 1.807) is 0 Å². The number of carbonyl (C=O) groups is 1. The van der Waals surface area contributed by atoms with E-state index in [-0.39, 0.29) is 18.6 Å². The number of amides is 1. The van der Waals surface area contributed by atoms with Gasteiger partial charge in [0.2, 0.25) is 5.91 Å². The second-order valence-corrected chi connectivity index (χ2v) is 4.66. The number of aliphatic hydroxyl groups excluding tert-OH is 1. The number of hydrogen-bond donors (Lipinski definition) is 2. The average Bonchev–Trinajstić information content (AvgIpc) is 2.40. The van der Waals surface area contributed by atoms with Crippen LogP contribution in [0.2, 0.25) is 0 Å². The minimum Gasteiger partial charge on any atom is -0.392 e. The fourth-order valence-electron chi connectivity index (χ4n) is 2.38. The average molecular weight is 248 g/mol. The molecule has 1 heterocycles. The molecule has 0 aliphatic carbocycles. The highest BCUT2D eigenvalue weighted by atomic mass is 16.3. The van der Waals surface area contributed by atoms with Gasteiger partial charge in [-0.05, 0) is 17.5 Å². The van der Waals surface area contributed by atoms with Gasteiger partial charge in [-0.2, -0.15) is 0 Å². The third-order valence-electron chi connectivity index (χ3n) is 3.42. The molecule has 0 aromatic heterocycles. The van der Waals surface area contributed by atoms with Gasteiger partial charge < -0.3 is 10.4 Å². The molecular weight excluding hydrogens is 228 g/mol. The van der Waals surface area contributed by atoms with Crippen LogP contribution in [0.3, 0.4) is 0 Å². The first kappa shape index (κ1) is 13.1. The van der Waals surface area contributed by atoms with Crippen molar-refractivity contribution in [2.75, 3.05) is 13.1 Å². The standard InChI is InChI=1S/C14H20N2O2/c1-2-13-14(18)15-7-8-16(13)9-11-3-5-12(10-17)6-4-11/h3-6,13,17H,2,7-10H2,1H3,(H,15,18). The van der Waals surface area contributed by atoms with Crippen molar-refractivity contribution in [2.24, 2.45) is 0 Å². The van der Waals surface area contributed by atoms with Crippen molar-refractivity contribution in [1.82, 2.24) is 10.2 Å². The zero-order valence-electron chi connectivity index (χ0n) is 10.7. The molecule has 1 amide bonds. The summed E-state index contributed by atoms with van der Waals surface area (Å²) in [7, 11) is 0. The first-order valence-electron chi connectivity index (χ1n) is 6.45. The Morgan fingerprint density at radius 2 is 2.00 bits per heavy atom. The molecule has 4 nitrogen and oxygen atoms in total. The van der Waals surface area contributed by atoms with E-state index in [1.807, 2.05) is 31.2 Å². The van der Waals surface area contributed by atoms with Crippen molar-refractivity contribution in [1.29, 1.82) is 0 Å². The number of hydrogen-bond acceptors (Lipinski definition) is 3. The predicted molar refractivity (Wildman–Crippen MR) is 69.9 cm³/mol. The van der Waals surface area contributed by atoms with Crippen LogP contribution in [0.15, 0.2) is 24.3 Å². The molecule has 18 heavy (non-hydrogen) atoms. The summed E-state index contributed by atoms with van der Waals surface area (Å²) in [5.41, 5.74) is 2.10. The Morgan fingerprint density at radius 1 is 1.33 bits per heavy atom.